The van der Waals surface area contributed by atoms with Crippen molar-refractivity contribution in [3.05, 3.63) is 88.5 Å². The van der Waals surface area contributed by atoms with Gasteiger partial charge >= 0.3 is 0 Å². The van der Waals surface area contributed by atoms with E-state index < -0.39 is 0 Å². The summed E-state index contributed by atoms with van der Waals surface area (Å²) in [5.74, 6) is 0.00922. The highest BCUT2D eigenvalue weighted by Gasteiger charge is 2.17. The monoisotopic (exact) mass is 309 g/mol. The van der Waals surface area contributed by atoms with Crippen molar-refractivity contribution in [1.82, 2.24) is 0 Å². The first-order chi connectivity index (χ1) is 11.8. The van der Waals surface area contributed by atoms with Crippen LogP contribution in [0.2, 0.25) is 0 Å². The van der Waals surface area contributed by atoms with Gasteiger partial charge in [-0.2, -0.15) is 5.26 Å². The van der Waals surface area contributed by atoms with Crippen molar-refractivity contribution in [3.8, 4) is 6.07 Å². The van der Waals surface area contributed by atoms with Crippen molar-refractivity contribution in [3.63, 3.8) is 0 Å². The maximum absolute atomic E-state index is 12.7. The lowest BCUT2D eigenvalue weighted by molar-refractivity contribution is 0.104. The molecule has 2 nitrogen and oxygen atoms in total. The second-order valence-corrected chi connectivity index (χ2v) is 6.04. The Morgan fingerprint density at radius 1 is 0.958 bits per heavy atom. The molecule has 0 saturated heterocycles. The van der Waals surface area contributed by atoms with Gasteiger partial charge in [-0.1, -0.05) is 48.5 Å². The van der Waals surface area contributed by atoms with Crippen LogP contribution in [0, 0.1) is 11.3 Å². The van der Waals surface area contributed by atoms with Crippen LogP contribution in [0.15, 0.2) is 60.7 Å². The number of carbonyl (C=O) groups excluding carboxylic acids is 1. The van der Waals surface area contributed by atoms with Crippen LogP contribution in [-0.4, -0.2) is 5.78 Å². The predicted octanol–water partition coefficient (Wildman–Crippen LogP) is 4.71. The third-order valence-corrected chi connectivity index (χ3v) is 4.61. The molecule has 114 valence electrons. The van der Waals surface area contributed by atoms with Gasteiger partial charge in [-0.15, -0.1) is 0 Å². The lowest BCUT2D eigenvalue weighted by atomic mass is 9.97. The molecule has 0 fully saturated rings. The van der Waals surface area contributed by atoms with Crippen molar-refractivity contribution in [2.24, 2.45) is 0 Å². The fourth-order valence-electron chi connectivity index (χ4n) is 3.39. The minimum atomic E-state index is 0.00922. The lowest BCUT2D eigenvalue weighted by Gasteiger charge is -2.06. The molecule has 1 aliphatic carbocycles. The van der Waals surface area contributed by atoms with E-state index in [2.05, 4.69) is 18.2 Å². The van der Waals surface area contributed by atoms with Crippen LogP contribution >= 0.6 is 0 Å². The number of rotatable bonds is 3. The molecule has 0 N–H and O–H groups in total. The molecule has 2 heteroatoms. The highest BCUT2D eigenvalue weighted by Crippen LogP contribution is 2.33. The molecule has 4 rings (SSSR count). The number of nitrogens with zero attached hydrogens (tertiary/aromatic N) is 1. The molecular formula is C22H15NO. The van der Waals surface area contributed by atoms with Gasteiger partial charge < -0.3 is 0 Å². The molecule has 24 heavy (non-hydrogen) atoms. The summed E-state index contributed by atoms with van der Waals surface area (Å²) in [5, 5.41) is 11.1. The number of ketones is 1. The van der Waals surface area contributed by atoms with Crippen molar-refractivity contribution in [2.75, 3.05) is 0 Å². The molecule has 0 aromatic heterocycles. The highest BCUT2D eigenvalue weighted by atomic mass is 16.1. The summed E-state index contributed by atoms with van der Waals surface area (Å²) in [6.07, 6.45) is 5.53. The standard InChI is InChI=1S/C22H15NO/c23-14-16-6-4-15(5-7-16)8-13-21(24)19-12-11-18-10-9-17-2-1-3-20(19)22(17)18/h1-8,11-13H,9-10H2/b13-8+. The largest absolute Gasteiger partial charge is 0.289 e. The minimum Gasteiger partial charge on any atom is -0.289 e. The third kappa shape index (κ3) is 2.41. The molecule has 0 unspecified atom stereocenters. The summed E-state index contributed by atoms with van der Waals surface area (Å²) in [6, 6.07) is 19.5. The van der Waals surface area contributed by atoms with E-state index in [-0.39, 0.29) is 5.78 Å². The average molecular weight is 309 g/mol. The van der Waals surface area contributed by atoms with Gasteiger partial charge in [0.25, 0.3) is 0 Å². The minimum absolute atomic E-state index is 0.00922. The van der Waals surface area contributed by atoms with E-state index in [1.54, 1.807) is 24.3 Å². The van der Waals surface area contributed by atoms with E-state index in [0.717, 1.165) is 29.4 Å². The zero-order chi connectivity index (χ0) is 16.5. The molecule has 0 amide bonds. The Hall–Kier alpha value is -3.18. The van der Waals surface area contributed by atoms with E-state index in [0.29, 0.717) is 5.56 Å². The first kappa shape index (κ1) is 14.4. The third-order valence-electron chi connectivity index (χ3n) is 4.61. The van der Waals surface area contributed by atoms with E-state index in [1.807, 2.05) is 30.3 Å². The predicted molar refractivity (Wildman–Crippen MR) is 95.9 cm³/mol. The van der Waals surface area contributed by atoms with Gasteiger partial charge in [0.2, 0.25) is 0 Å². The number of aryl methyl sites for hydroxylation is 2. The SMILES string of the molecule is N#Cc1ccc(/C=C/C(=O)c2ccc3c4c(cccc24)CC3)cc1. The van der Waals surface area contributed by atoms with E-state index in [9.17, 15) is 4.79 Å². The Bertz CT molecular complexity index is 1010. The topological polar surface area (TPSA) is 40.9 Å². The van der Waals surface area contributed by atoms with Gasteiger partial charge in [0.05, 0.1) is 11.6 Å². The van der Waals surface area contributed by atoms with Gasteiger partial charge in [-0.05, 0) is 58.5 Å². The maximum Gasteiger partial charge on any atom is 0.186 e. The second kappa shape index (κ2) is 5.79. The van der Waals surface area contributed by atoms with Gasteiger partial charge in [0.15, 0.2) is 5.78 Å². The van der Waals surface area contributed by atoms with Crippen molar-refractivity contribution < 1.29 is 4.79 Å². The number of allylic oxidation sites excluding steroid dienone is 1. The molecule has 0 atom stereocenters. The van der Waals surface area contributed by atoms with Crippen LogP contribution in [0.3, 0.4) is 0 Å². The normalized spacial score (nSPS) is 12.6. The van der Waals surface area contributed by atoms with Gasteiger partial charge in [-0.3, -0.25) is 4.79 Å². The van der Waals surface area contributed by atoms with Crippen LogP contribution < -0.4 is 0 Å². The van der Waals surface area contributed by atoms with Crippen molar-refractivity contribution >= 4 is 22.6 Å². The molecule has 0 spiro atoms. The molecular weight excluding hydrogens is 294 g/mol. The molecule has 3 aromatic rings. The number of hydrogen-bond acceptors (Lipinski definition) is 2. The molecule has 0 aliphatic heterocycles. The summed E-state index contributed by atoms with van der Waals surface area (Å²) < 4.78 is 0. The summed E-state index contributed by atoms with van der Waals surface area (Å²) in [7, 11) is 0. The lowest BCUT2D eigenvalue weighted by Crippen LogP contribution is -1.96. The maximum atomic E-state index is 12.7. The van der Waals surface area contributed by atoms with E-state index in [1.165, 1.54) is 16.5 Å². The zero-order valence-corrected chi connectivity index (χ0v) is 13.1. The smallest absolute Gasteiger partial charge is 0.186 e. The Kier molecular flexibility index (Phi) is 3.48. The van der Waals surface area contributed by atoms with Crippen LogP contribution in [0.4, 0.5) is 0 Å². The number of carbonyl (C=O) groups is 1. The Balaban J connectivity index is 1.69. The highest BCUT2D eigenvalue weighted by molar-refractivity contribution is 6.15. The number of hydrogen-bond donors (Lipinski definition) is 0. The van der Waals surface area contributed by atoms with Crippen LogP contribution in [0.5, 0.6) is 0 Å². The van der Waals surface area contributed by atoms with Gasteiger partial charge in [0, 0.05) is 5.56 Å². The van der Waals surface area contributed by atoms with Gasteiger partial charge in [-0.25, -0.2) is 0 Å². The molecule has 0 bridgehead atoms. The summed E-state index contributed by atoms with van der Waals surface area (Å²) in [4.78, 5) is 12.7. The van der Waals surface area contributed by atoms with Crippen molar-refractivity contribution in [1.29, 1.82) is 5.26 Å². The average Bonchev–Trinajstić information content (AvgIpc) is 3.05. The fourth-order valence-corrected chi connectivity index (χ4v) is 3.39. The molecule has 0 heterocycles. The number of nitriles is 1. The second-order valence-electron chi connectivity index (χ2n) is 6.04. The first-order valence-corrected chi connectivity index (χ1v) is 8.02. The summed E-state index contributed by atoms with van der Waals surface area (Å²) in [5.41, 5.74) is 4.96. The number of benzene rings is 3. The zero-order valence-electron chi connectivity index (χ0n) is 13.1. The van der Waals surface area contributed by atoms with Gasteiger partial charge in [0.1, 0.15) is 0 Å². The van der Waals surface area contributed by atoms with Crippen LogP contribution in [0.1, 0.15) is 32.6 Å². The quantitative estimate of drug-likeness (QED) is 0.519. The fraction of sp³-hybridized carbons (Fsp3) is 0.0909. The van der Waals surface area contributed by atoms with Crippen LogP contribution in [-0.2, 0) is 12.8 Å². The molecule has 3 aromatic carbocycles. The van der Waals surface area contributed by atoms with E-state index >= 15 is 0 Å². The van der Waals surface area contributed by atoms with Crippen LogP contribution in [0.25, 0.3) is 16.8 Å². The Morgan fingerprint density at radius 3 is 2.46 bits per heavy atom. The molecule has 1 aliphatic rings. The molecule has 0 saturated carbocycles. The summed E-state index contributed by atoms with van der Waals surface area (Å²) >= 11 is 0. The first-order valence-electron chi connectivity index (χ1n) is 8.02. The van der Waals surface area contributed by atoms with E-state index in [4.69, 9.17) is 5.26 Å². The molecule has 0 radical (unpaired) electrons. The van der Waals surface area contributed by atoms with Crippen molar-refractivity contribution in [2.45, 2.75) is 12.8 Å². The Morgan fingerprint density at radius 2 is 1.71 bits per heavy atom. The Labute approximate surface area is 140 Å². The summed E-state index contributed by atoms with van der Waals surface area (Å²) in [6.45, 7) is 0.